The molecule has 180 valence electrons. The van der Waals surface area contributed by atoms with Crippen LogP contribution >= 0.6 is 0 Å². The number of carbonyl (C=O) groups excluding carboxylic acids is 1. The van der Waals surface area contributed by atoms with Crippen molar-refractivity contribution in [3.8, 4) is 0 Å². The summed E-state index contributed by atoms with van der Waals surface area (Å²) in [6.45, 7) is -0.0446. The third-order valence-corrected chi connectivity index (χ3v) is 6.96. The highest BCUT2D eigenvalue weighted by Crippen LogP contribution is 2.45. The number of hydrogen-bond acceptors (Lipinski definition) is 4. The molecule has 1 aromatic heterocycles. The smallest absolute Gasteiger partial charge is 0.252 e. The third-order valence-electron chi connectivity index (χ3n) is 6.96. The lowest BCUT2D eigenvalue weighted by molar-refractivity contribution is -0.135. The Morgan fingerprint density at radius 3 is 2.64 bits per heavy atom. The van der Waals surface area contributed by atoms with Gasteiger partial charge in [0, 0.05) is 32.1 Å². The summed E-state index contributed by atoms with van der Waals surface area (Å²) < 4.78 is 59.2. The zero-order valence-corrected chi connectivity index (χ0v) is 18.1. The number of carbonyl (C=O) groups is 1. The number of H-pyrrole nitrogens is 1. The van der Waals surface area contributed by atoms with Crippen LogP contribution in [0.25, 0.3) is 11.0 Å². The minimum absolute atomic E-state index is 0.0446. The van der Waals surface area contributed by atoms with Crippen molar-refractivity contribution in [1.29, 1.82) is 0 Å². The lowest BCUT2D eigenvalue weighted by Gasteiger charge is -2.34. The Morgan fingerprint density at radius 2 is 1.97 bits per heavy atom. The largest absolute Gasteiger partial charge is 0.376 e. The molecule has 3 atom stereocenters. The number of ether oxygens (including phenoxy) is 1. The highest BCUT2D eigenvalue weighted by Gasteiger charge is 2.46. The topological polar surface area (TPSA) is 93.0 Å². The van der Waals surface area contributed by atoms with Crippen molar-refractivity contribution in [3.63, 3.8) is 0 Å². The minimum Gasteiger partial charge on any atom is -0.376 e. The zero-order valence-electron chi connectivity index (χ0n) is 18.1. The first-order valence-corrected chi connectivity index (χ1v) is 11.5. The van der Waals surface area contributed by atoms with E-state index in [9.17, 15) is 22.4 Å². The highest BCUT2D eigenvalue weighted by molar-refractivity contribution is 5.78. The maximum atomic E-state index is 13.8. The number of benzene rings is 1. The molecule has 0 bridgehead atoms. The number of amides is 1. The maximum absolute atomic E-state index is 13.8. The number of nitrogens with two attached hydrogens (primary N) is 1. The predicted molar refractivity (Wildman–Crippen MR) is 113 cm³/mol. The molecule has 3 aliphatic rings. The molecule has 1 unspecified atom stereocenters. The first-order chi connectivity index (χ1) is 15.6. The monoisotopic (exact) mass is 468 g/mol. The second-order valence-corrected chi connectivity index (χ2v) is 9.86. The lowest BCUT2D eigenvalue weighted by Crippen LogP contribution is -2.40. The van der Waals surface area contributed by atoms with E-state index in [1.165, 1.54) is 0 Å². The summed E-state index contributed by atoms with van der Waals surface area (Å²) >= 11 is 0. The van der Waals surface area contributed by atoms with Crippen molar-refractivity contribution in [2.24, 2.45) is 17.6 Å². The van der Waals surface area contributed by atoms with Gasteiger partial charge < -0.3 is 20.8 Å². The van der Waals surface area contributed by atoms with E-state index in [1.807, 2.05) is 18.2 Å². The van der Waals surface area contributed by atoms with Gasteiger partial charge in [0.2, 0.25) is 11.8 Å². The van der Waals surface area contributed by atoms with Crippen molar-refractivity contribution in [2.75, 3.05) is 6.61 Å². The van der Waals surface area contributed by atoms with Gasteiger partial charge in [-0.15, -0.1) is 0 Å². The normalized spacial score (nSPS) is 26.5. The van der Waals surface area contributed by atoms with Gasteiger partial charge in [-0.2, -0.15) is 0 Å². The summed E-state index contributed by atoms with van der Waals surface area (Å²) in [5.41, 5.74) is 8.43. The van der Waals surface area contributed by atoms with Crippen molar-refractivity contribution in [2.45, 2.75) is 75.0 Å². The molecule has 1 amide bonds. The van der Waals surface area contributed by atoms with Crippen LogP contribution in [-0.4, -0.2) is 40.4 Å². The molecule has 2 saturated carbocycles. The van der Waals surface area contributed by atoms with Crippen molar-refractivity contribution < 1.29 is 27.1 Å². The summed E-state index contributed by atoms with van der Waals surface area (Å²) in [6, 6.07) is 4.55. The molecule has 4 N–H and O–H groups in total. The summed E-state index contributed by atoms with van der Waals surface area (Å²) in [7, 11) is 0. The Morgan fingerprint density at radius 1 is 1.21 bits per heavy atom. The van der Waals surface area contributed by atoms with Crippen molar-refractivity contribution >= 4 is 16.9 Å². The molecule has 0 spiro atoms. The zero-order chi connectivity index (χ0) is 23.4. The van der Waals surface area contributed by atoms with E-state index in [-0.39, 0.29) is 50.2 Å². The van der Waals surface area contributed by atoms with Gasteiger partial charge in [-0.25, -0.2) is 22.5 Å². The van der Waals surface area contributed by atoms with Gasteiger partial charge in [0.1, 0.15) is 5.82 Å². The number of aromatic nitrogens is 2. The summed E-state index contributed by atoms with van der Waals surface area (Å²) in [6.07, 6.45) is 0.0361. The molecular weight excluding hydrogens is 440 g/mol. The van der Waals surface area contributed by atoms with Crippen LogP contribution in [0, 0.1) is 11.8 Å². The number of aromatic amines is 1. The van der Waals surface area contributed by atoms with Crippen molar-refractivity contribution in [1.82, 2.24) is 15.3 Å². The van der Waals surface area contributed by atoms with Crippen LogP contribution in [0.15, 0.2) is 18.2 Å². The summed E-state index contributed by atoms with van der Waals surface area (Å²) in [5, 5.41) is 3.03. The molecule has 6 nitrogen and oxygen atoms in total. The average Bonchev–Trinajstić information content (AvgIpc) is 3.47. The first-order valence-electron chi connectivity index (χ1n) is 11.5. The van der Waals surface area contributed by atoms with E-state index in [0.717, 1.165) is 18.4 Å². The van der Waals surface area contributed by atoms with Crippen LogP contribution in [0.2, 0.25) is 0 Å². The Balaban J connectivity index is 1.29. The second-order valence-electron chi connectivity index (χ2n) is 9.86. The van der Waals surface area contributed by atoms with Gasteiger partial charge in [0.25, 0.3) is 5.92 Å². The van der Waals surface area contributed by atoms with E-state index in [2.05, 4.69) is 15.3 Å². The Bertz CT molecular complexity index is 1030. The Kier molecular flexibility index (Phi) is 5.63. The summed E-state index contributed by atoms with van der Waals surface area (Å²) in [4.78, 5) is 20.1. The number of nitrogens with one attached hydrogen (secondary N) is 2. The highest BCUT2D eigenvalue weighted by atomic mass is 19.3. The molecule has 5 rings (SSSR count). The van der Waals surface area contributed by atoms with Gasteiger partial charge in [0.05, 0.1) is 35.8 Å². The molecule has 0 radical (unpaired) electrons. The van der Waals surface area contributed by atoms with Gasteiger partial charge in [0.15, 0.2) is 0 Å². The Labute approximate surface area is 188 Å². The van der Waals surface area contributed by atoms with Crippen LogP contribution in [0.3, 0.4) is 0 Å². The van der Waals surface area contributed by atoms with Crippen LogP contribution in [-0.2, 0) is 9.53 Å². The average molecular weight is 468 g/mol. The fourth-order valence-corrected chi connectivity index (χ4v) is 4.95. The lowest BCUT2D eigenvalue weighted by atomic mass is 9.79. The molecule has 33 heavy (non-hydrogen) atoms. The Hall–Kier alpha value is -2.20. The molecule has 2 heterocycles. The molecule has 2 aliphatic carbocycles. The van der Waals surface area contributed by atoms with Crippen LogP contribution in [0.1, 0.15) is 68.4 Å². The van der Waals surface area contributed by atoms with Crippen LogP contribution in [0.5, 0.6) is 0 Å². The fraction of sp³-hybridized carbons (Fsp3) is 0.652. The van der Waals surface area contributed by atoms with Crippen LogP contribution < -0.4 is 11.1 Å². The number of hydrogen-bond donors (Lipinski definition) is 3. The van der Waals surface area contributed by atoms with E-state index in [0.29, 0.717) is 22.8 Å². The quantitative estimate of drug-likeness (QED) is 0.526. The van der Waals surface area contributed by atoms with E-state index in [1.54, 1.807) is 0 Å². The number of fused-ring (bicyclic) bond motifs is 1. The molecule has 1 saturated heterocycles. The van der Waals surface area contributed by atoms with Gasteiger partial charge in [-0.05, 0) is 42.4 Å². The number of nitrogens with zero attached hydrogens (tertiary/aromatic N) is 1. The maximum Gasteiger partial charge on any atom is 0.252 e. The van der Waals surface area contributed by atoms with E-state index < -0.39 is 30.4 Å². The molecule has 1 aromatic carbocycles. The van der Waals surface area contributed by atoms with E-state index >= 15 is 0 Å². The standard InChI is InChI=1S/C23H28F4N4O2/c24-22(25)5-6-33-17(11-22)19(28)21-29-15-4-3-14(8-16(15)30-21)20(13-1-2-13)31-18(32)7-12-9-23(26,27)10-12/h3-4,8,12-13,17,19-20H,1-2,5-7,9-11,28H2,(H,29,30)(H,31,32)/t17?,19-,20+/m0/s1. The number of alkyl halides is 4. The molecule has 10 heteroatoms. The number of halogens is 4. The SMILES string of the molecule is N[C@H](c1nc2ccc([C@H](NC(=O)CC3CC(F)(F)C3)C3CC3)cc2[nH]1)C1CC(F)(F)CCO1. The molecular formula is C23H28F4N4O2. The second kappa shape index (κ2) is 8.23. The van der Waals surface area contributed by atoms with Crippen molar-refractivity contribution in [3.05, 3.63) is 29.6 Å². The van der Waals surface area contributed by atoms with Gasteiger partial charge in [-0.1, -0.05) is 6.07 Å². The first kappa shape index (κ1) is 22.6. The molecule has 1 aliphatic heterocycles. The third kappa shape index (κ3) is 5.01. The van der Waals surface area contributed by atoms with Gasteiger partial charge in [-0.3, -0.25) is 4.79 Å². The summed E-state index contributed by atoms with van der Waals surface area (Å²) in [5.74, 6) is -5.24. The number of rotatable bonds is 7. The van der Waals surface area contributed by atoms with Gasteiger partial charge >= 0.3 is 0 Å². The number of imidazole rings is 1. The van der Waals surface area contributed by atoms with Crippen LogP contribution in [0.4, 0.5) is 17.6 Å². The van der Waals surface area contributed by atoms with E-state index in [4.69, 9.17) is 10.5 Å². The minimum atomic E-state index is -2.80. The predicted octanol–water partition coefficient (Wildman–Crippen LogP) is 4.38. The molecule has 2 aromatic rings. The fourth-order valence-electron chi connectivity index (χ4n) is 4.95. The molecule has 3 fully saturated rings.